The molecule has 2 heterocycles. The number of nitrogens with zero attached hydrogens (tertiary/aromatic N) is 2. The third-order valence-electron chi connectivity index (χ3n) is 5.28. The molecule has 0 aliphatic rings. The number of nitrogens with one attached hydrogen (secondary N) is 1. The van der Waals surface area contributed by atoms with Crippen LogP contribution in [0.5, 0.6) is 0 Å². The molecular formula is C27H29N3O3. The fraction of sp³-hybridized carbons (Fsp3) is 0.296. The smallest absolute Gasteiger partial charge is 0.407 e. The van der Waals surface area contributed by atoms with Crippen molar-refractivity contribution in [3.05, 3.63) is 84.4 Å². The average Bonchev–Trinajstić information content (AvgIpc) is 3.26. The summed E-state index contributed by atoms with van der Waals surface area (Å²) in [5, 5.41) is 9.48. The Morgan fingerprint density at radius 3 is 2.67 bits per heavy atom. The van der Waals surface area contributed by atoms with Crippen molar-refractivity contribution in [2.75, 3.05) is 0 Å². The summed E-state index contributed by atoms with van der Waals surface area (Å²) in [6.45, 7) is 5.58. The molecule has 0 saturated carbocycles. The monoisotopic (exact) mass is 443 g/mol. The summed E-state index contributed by atoms with van der Waals surface area (Å²) >= 11 is 0. The van der Waals surface area contributed by atoms with E-state index in [0.717, 1.165) is 33.4 Å². The molecule has 6 heteroatoms. The van der Waals surface area contributed by atoms with E-state index >= 15 is 0 Å². The van der Waals surface area contributed by atoms with Gasteiger partial charge in [-0.05, 0) is 56.7 Å². The minimum absolute atomic E-state index is 0.0935. The second kappa shape index (κ2) is 9.86. The van der Waals surface area contributed by atoms with Crippen molar-refractivity contribution in [1.82, 2.24) is 15.5 Å². The van der Waals surface area contributed by atoms with Crippen LogP contribution in [0.25, 0.3) is 22.0 Å². The van der Waals surface area contributed by atoms with Crippen LogP contribution in [-0.4, -0.2) is 27.9 Å². The molecule has 4 rings (SSSR count). The Balaban J connectivity index is 1.44. The van der Waals surface area contributed by atoms with Crippen LogP contribution in [0, 0.1) is 0 Å². The van der Waals surface area contributed by atoms with E-state index in [1.165, 1.54) is 0 Å². The van der Waals surface area contributed by atoms with Crippen molar-refractivity contribution in [2.24, 2.45) is 0 Å². The molecule has 0 saturated heterocycles. The van der Waals surface area contributed by atoms with E-state index in [1.54, 1.807) is 6.20 Å². The highest BCUT2D eigenvalue weighted by Crippen LogP contribution is 2.24. The minimum Gasteiger partial charge on any atom is -0.444 e. The first-order chi connectivity index (χ1) is 15.9. The van der Waals surface area contributed by atoms with Gasteiger partial charge >= 0.3 is 6.09 Å². The summed E-state index contributed by atoms with van der Waals surface area (Å²) in [4.78, 5) is 16.6. The highest BCUT2D eigenvalue weighted by atomic mass is 16.6. The van der Waals surface area contributed by atoms with Crippen LogP contribution >= 0.6 is 0 Å². The van der Waals surface area contributed by atoms with Crippen LogP contribution < -0.4 is 5.32 Å². The standard InChI is InChI=1S/C27H29N3O3/c1-27(2,3)32-26(31)29-23(15-19-7-5-4-6-8-19)11-12-24-17-25(30-33-24)21-9-10-22-18-28-14-13-20(22)16-21/h4-10,13-14,16-18,23H,11-12,15H2,1-3H3,(H,29,31). The van der Waals surface area contributed by atoms with Gasteiger partial charge in [0.25, 0.3) is 0 Å². The number of fused-ring (bicyclic) bond motifs is 1. The maximum atomic E-state index is 12.4. The van der Waals surface area contributed by atoms with Crippen LogP contribution in [0.3, 0.4) is 0 Å². The normalized spacial score (nSPS) is 12.5. The fourth-order valence-electron chi connectivity index (χ4n) is 3.72. The Morgan fingerprint density at radius 2 is 1.88 bits per heavy atom. The molecule has 2 aromatic carbocycles. The molecule has 170 valence electrons. The number of aromatic nitrogens is 2. The van der Waals surface area contributed by atoms with E-state index in [-0.39, 0.29) is 6.04 Å². The van der Waals surface area contributed by atoms with Crippen molar-refractivity contribution in [3.8, 4) is 11.3 Å². The maximum Gasteiger partial charge on any atom is 0.407 e. The third kappa shape index (κ3) is 6.42. The highest BCUT2D eigenvalue weighted by molar-refractivity contribution is 5.85. The van der Waals surface area contributed by atoms with Crippen LogP contribution in [0.15, 0.2) is 77.6 Å². The lowest BCUT2D eigenvalue weighted by molar-refractivity contribution is 0.0501. The van der Waals surface area contributed by atoms with E-state index in [4.69, 9.17) is 9.26 Å². The van der Waals surface area contributed by atoms with E-state index in [2.05, 4.69) is 33.7 Å². The lowest BCUT2D eigenvalue weighted by atomic mass is 10.0. The van der Waals surface area contributed by atoms with Gasteiger partial charge in [-0.25, -0.2) is 4.79 Å². The SMILES string of the molecule is CC(C)(C)OC(=O)NC(CCc1cc(-c2ccc3cnccc3c2)no1)Cc1ccccc1. The summed E-state index contributed by atoms with van der Waals surface area (Å²) in [6, 6.07) is 20.1. The molecule has 0 fully saturated rings. The zero-order valence-electron chi connectivity index (χ0n) is 19.2. The predicted octanol–water partition coefficient (Wildman–Crippen LogP) is 5.96. The van der Waals surface area contributed by atoms with Gasteiger partial charge in [-0.15, -0.1) is 0 Å². The second-order valence-electron chi connectivity index (χ2n) is 9.19. The van der Waals surface area contributed by atoms with Crippen molar-refractivity contribution < 1.29 is 14.1 Å². The molecule has 1 amide bonds. The minimum atomic E-state index is -0.545. The number of ether oxygens (including phenoxy) is 1. The van der Waals surface area contributed by atoms with Gasteiger partial charge in [0.15, 0.2) is 0 Å². The van der Waals surface area contributed by atoms with Gasteiger partial charge in [0.2, 0.25) is 0 Å². The molecule has 1 unspecified atom stereocenters. The Kier molecular flexibility index (Phi) is 6.73. The number of benzene rings is 2. The molecule has 0 aliphatic heterocycles. The van der Waals surface area contributed by atoms with Gasteiger partial charge in [-0.3, -0.25) is 4.98 Å². The van der Waals surface area contributed by atoms with E-state index in [1.807, 2.05) is 69.4 Å². The first-order valence-corrected chi connectivity index (χ1v) is 11.2. The molecule has 0 aliphatic carbocycles. The lowest BCUT2D eigenvalue weighted by Gasteiger charge is -2.23. The zero-order valence-corrected chi connectivity index (χ0v) is 19.2. The first kappa shape index (κ1) is 22.5. The molecule has 0 bridgehead atoms. The number of carbonyl (C=O) groups is 1. The molecule has 6 nitrogen and oxygen atoms in total. The lowest BCUT2D eigenvalue weighted by Crippen LogP contribution is -2.40. The Labute approximate surface area is 194 Å². The Bertz CT molecular complexity index is 1210. The summed E-state index contributed by atoms with van der Waals surface area (Å²) in [5.41, 5.74) is 2.40. The molecular weight excluding hydrogens is 414 g/mol. The summed E-state index contributed by atoms with van der Waals surface area (Å²) < 4.78 is 11.1. The molecule has 4 aromatic rings. The molecule has 33 heavy (non-hydrogen) atoms. The fourth-order valence-corrected chi connectivity index (χ4v) is 3.72. The topological polar surface area (TPSA) is 77.2 Å². The molecule has 0 radical (unpaired) electrons. The molecule has 0 spiro atoms. The zero-order chi connectivity index (χ0) is 23.3. The quantitative estimate of drug-likeness (QED) is 0.381. The van der Waals surface area contributed by atoms with Crippen LogP contribution in [0.4, 0.5) is 4.79 Å². The first-order valence-electron chi connectivity index (χ1n) is 11.2. The molecule has 2 aromatic heterocycles. The van der Waals surface area contributed by atoms with Crippen LogP contribution in [0.2, 0.25) is 0 Å². The van der Waals surface area contributed by atoms with Crippen LogP contribution in [0.1, 0.15) is 38.5 Å². The van der Waals surface area contributed by atoms with Gasteiger partial charge in [0, 0.05) is 41.9 Å². The van der Waals surface area contributed by atoms with Gasteiger partial charge in [-0.1, -0.05) is 47.6 Å². The third-order valence-corrected chi connectivity index (χ3v) is 5.28. The summed E-state index contributed by atoms with van der Waals surface area (Å²) in [7, 11) is 0. The second-order valence-corrected chi connectivity index (χ2v) is 9.19. The number of amides is 1. The van der Waals surface area contributed by atoms with Gasteiger partial charge < -0.3 is 14.6 Å². The highest BCUT2D eigenvalue weighted by Gasteiger charge is 2.20. The molecule has 1 N–H and O–H groups in total. The number of carbonyl (C=O) groups excluding carboxylic acids is 1. The summed E-state index contributed by atoms with van der Waals surface area (Å²) in [5.74, 6) is 0.781. The van der Waals surface area contributed by atoms with Crippen molar-refractivity contribution in [3.63, 3.8) is 0 Å². The van der Waals surface area contributed by atoms with E-state index in [0.29, 0.717) is 19.3 Å². The number of aryl methyl sites for hydroxylation is 1. The van der Waals surface area contributed by atoms with Gasteiger partial charge in [0.1, 0.15) is 17.1 Å². The van der Waals surface area contributed by atoms with E-state index < -0.39 is 11.7 Å². The van der Waals surface area contributed by atoms with E-state index in [9.17, 15) is 4.79 Å². The average molecular weight is 444 g/mol. The molecule has 1 atom stereocenters. The van der Waals surface area contributed by atoms with Crippen molar-refractivity contribution in [1.29, 1.82) is 0 Å². The number of pyridine rings is 1. The largest absolute Gasteiger partial charge is 0.444 e. The van der Waals surface area contributed by atoms with Gasteiger partial charge in [0.05, 0.1) is 0 Å². The Hall–Kier alpha value is -3.67. The maximum absolute atomic E-state index is 12.4. The number of alkyl carbamates (subject to hydrolysis) is 1. The van der Waals surface area contributed by atoms with Crippen LogP contribution in [-0.2, 0) is 17.6 Å². The Morgan fingerprint density at radius 1 is 1.06 bits per heavy atom. The van der Waals surface area contributed by atoms with Gasteiger partial charge in [-0.2, -0.15) is 0 Å². The van der Waals surface area contributed by atoms with Crippen molar-refractivity contribution >= 4 is 16.9 Å². The predicted molar refractivity (Wildman–Crippen MR) is 129 cm³/mol. The number of hydrogen-bond donors (Lipinski definition) is 1. The van der Waals surface area contributed by atoms with Crippen molar-refractivity contribution in [2.45, 2.75) is 51.7 Å². The number of hydrogen-bond acceptors (Lipinski definition) is 5. The summed E-state index contributed by atoms with van der Waals surface area (Å²) in [6.07, 6.45) is 5.28. The number of rotatable bonds is 7.